The summed E-state index contributed by atoms with van der Waals surface area (Å²) >= 11 is 0. The lowest BCUT2D eigenvalue weighted by Crippen LogP contribution is -2.28. The van der Waals surface area contributed by atoms with Gasteiger partial charge >= 0.3 is 5.97 Å². The summed E-state index contributed by atoms with van der Waals surface area (Å²) in [7, 11) is 0. The molecule has 0 saturated heterocycles. The lowest BCUT2D eigenvalue weighted by Gasteiger charge is -2.20. The van der Waals surface area contributed by atoms with Gasteiger partial charge in [-0.15, -0.1) is 0 Å². The van der Waals surface area contributed by atoms with Crippen molar-refractivity contribution in [2.45, 2.75) is 39.7 Å². The van der Waals surface area contributed by atoms with Crippen molar-refractivity contribution in [1.29, 1.82) is 0 Å². The van der Waals surface area contributed by atoms with E-state index in [1.807, 2.05) is 60.7 Å². The number of carbonyl (C=O) groups excluding carboxylic acids is 3. The van der Waals surface area contributed by atoms with Crippen LogP contribution in [0.5, 0.6) is 0 Å². The Labute approximate surface area is 176 Å². The minimum absolute atomic E-state index is 0.113. The Hall–Kier alpha value is -3.47. The molecule has 5 nitrogen and oxygen atoms in total. The van der Waals surface area contributed by atoms with Crippen molar-refractivity contribution >= 4 is 17.5 Å². The monoisotopic (exact) mass is 403 g/mol. The summed E-state index contributed by atoms with van der Waals surface area (Å²) in [5, 5.41) is 0. The first kappa shape index (κ1) is 21.2. The molecule has 5 heteroatoms. The molecule has 0 spiro atoms. The van der Waals surface area contributed by atoms with E-state index in [9.17, 15) is 14.4 Å². The van der Waals surface area contributed by atoms with Crippen LogP contribution in [0.2, 0.25) is 0 Å². The number of Topliss-reactive ketones (excluding diaryl/α,β-unsaturated/α-hetero) is 2. The van der Waals surface area contributed by atoms with Crippen LogP contribution in [0.3, 0.4) is 0 Å². The van der Waals surface area contributed by atoms with Gasteiger partial charge in [0.05, 0.1) is 5.69 Å². The Bertz CT molecular complexity index is 1030. The fraction of sp³-hybridized carbons (Fsp3) is 0.240. The summed E-state index contributed by atoms with van der Waals surface area (Å²) in [6.45, 7) is 6.48. The molecule has 2 aromatic carbocycles. The molecule has 1 atom stereocenters. The molecule has 0 aliphatic carbocycles. The average Bonchev–Trinajstić information content (AvgIpc) is 3.03. The molecule has 154 valence electrons. The molecular weight excluding hydrogens is 378 g/mol. The minimum Gasteiger partial charge on any atom is -0.453 e. The van der Waals surface area contributed by atoms with Gasteiger partial charge in [0.2, 0.25) is 5.78 Å². The van der Waals surface area contributed by atoms with Crippen LogP contribution in [0.25, 0.3) is 0 Å². The Morgan fingerprint density at radius 1 is 0.867 bits per heavy atom. The van der Waals surface area contributed by atoms with Gasteiger partial charge < -0.3 is 9.72 Å². The third kappa shape index (κ3) is 4.25. The number of aromatic amines is 1. The standard InChI is InChI=1S/C25H25NO4/c1-15-21(17(3)27)16(2)26-23(15)24(28)18(4)30-25(29)22(19-11-7-5-8-12-19)20-13-9-6-10-14-20/h5-14,18,22,26H,1-4H3/t18-/m1/s1. The topological polar surface area (TPSA) is 76.2 Å². The molecule has 3 aromatic rings. The second-order valence-corrected chi connectivity index (χ2v) is 7.38. The van der Waals surface area contributed by atoms with E-state index < -0.39 is 18.0 Å². The number of benzene rings is 2. The van der Waals surface area contributed by atoms with Gasteiger partial charge in [-0.3, -0.25) is 14.4 Å². The smallest absolute Gasteiger partial charge is 0.318 e. The normalized spacial score (nSPS) is 11.9. The predicted octanol–water partition coefficient (Wildman–Crippen LogP) is 4.78. The van der Waals surface area contributed by atoms with Crippen LogP contribution in [0.15, 0.2) is 60.7 Å². The molecule has 0 aliphatic heterocycles. The molecule has 30 heavy (non-hydrogen) atoms. The van der Waals surface area contributed by atoms with Crippen LogP contribution < -0.4 is 0 Å². The number of ether oxygens (including phenoxy) is 1. The van der Waals surface area contributed by atoms with Gasteiger partial charge in [-0.2, -0.15) is 0 Å². The number of carbonyl (C=O) groups is 3. The van der Waals surface area contributed by atoms with Gasteiger partial charge in [0.15, 0.2) is 11.9 Å². The number of ketones is 2. The Morgan fingerprint density at radius 3 is 1.80 bits per heavy atom. The van der Waals surface area contributed by atoms with E-state index in [4.69, 9.17) is 4.74 Å². The number of H-pyrrole nitrogens is 1. The van der Waals surface area contributed by atoms with Gasteiger partial charge in [0, 0.05) is 11.3 Å². The SMILES string of the molecule is CC(=O)c1c(C)[nH]c(C(=O)[C@@H](C)OC(=O)C(c2ccccc2)c2ccccc2)c1C. The molecule has 3 rings (SSSR count). The van der Waals surface area contributed by atoms with Crippen molar-refractivity contribution in [1.82, 2.24) is 4.98 Å². The van der Waals surface area contributed by atoms with Crippen molar-refractivity contribution < 1.29 is 19.1 Å². The Balaban J connectivity index is 1.87. The number of aromatic nitrogens is 1. The zero-order valence-electron chi connectivity index (χ0n) is 17.6. The van der Waals surface area contributed by atoms with E-state index in [0.717, 1.165) is 11.1 Å². The van der Waals surface area contributed by atoms with Crippen LogP contribution in [0, 0.1) is 13.8 Å². The Morgan fingerprint density at radius 2 is 1.37 bits per heavy atom. The maximum Gasteiger partial charge on any atom is 0.318 e. The fourth-order valence-electron chi connectivity index (χ4n) is 3.78. The highest BCUT2D eigenvalue weighted by molar-refractivity contribution is 6.05. The number of aryl methyl sites for hydroxylation is 1. The van der Waals surface area contributed by atoms with Crippen LogP contribution >= 0.6 is 0 Å². The highest BCUT2D eigenvalue weighted by Gasteiger charge is 2.30. The second-order valence-electron chi connectivity index (χ2n) is 7.38. The van der Waals surface area contributed by atoms with E-state index in [1.165, 1.54) is 6.92 Å². The second kappa shape index (κ2) is 8.91. The van der Waals surface area contributed by atoms with Gasteiger partial charge in [-0.25, -0.2) is 0 Å². The summed E-state index contributed by atoms with van der Waals surface area (Å²) in [4.78, 5) is 40.9. The van der Waals surface area contributed by atoms with E-state index in [2.05, 4.69) is 4.98 Å². The minimum atomic E-state index is -0.996. The lowest BCUT2D eigenvalue weighted by atomic mass is 9.91. The molecule has 0 fully saturated rings. The van der Waals surface area contributed by atoms with Crippen molar-refractivity contribution in [2.75, 3.05) is 0 Å². The number of rotatable bonds is 7. The first-order valence-corrected chi connectivity index (χ1v) is 9.86. The number of nitrogens with one attached hydrogen (secondary N) is 1. The summed E-state index contributed by atoms with van der Waals surface area (Å²) in [6.07, 6.45) is -0.996. The molecule has 1 heterocycles. The predicted molar refractivity (Wildman–Crippen MR) is 115 cm³/mol. The van der Waals surface area contributed by atoms with Gasteiger partial charge in [0.25, 0.3) is 0 Å². The third-order valence-electron chi connectivity index (χ3n) is 5.20. The maximum absolute atomic E-state index is 13.1. The summed E-state index contributed by atoms with van der Waals surface area (Å²) < 4.78 is 5.61. The highest BCUT2D eigenvalue weighted by atomic mass is 16.5. The third-order valence-corrected chi connectivity index (χ3v) is 5.20. The quantitative estimate of drug-likeness (QED) is 0.455. The van der Waals surface area contributed by atoms with Crippen LogP contribution in [0.1, 0.15) is 63.0 Å². The molecule has 0 saturated carbocycles. The molecule has 0 bridgehead atoms. The number of hydrogen-bond donors (Lipinski definition) is 1. The fourth-order valence-corrected chi connectivity index (χ4v) is 3.78. The van der Waals surface area contributed by atoms with Crippen molar-refractivity contribution in [2.24, 2.45) is 0 Å². The molecule has 0 radical (unpaired) electrons. The molecule has 0 aliphatic rings. The molecule has 0 amide bonds. The molecule has 1 aromatic heterocycles. The zero-order chi connectivity index (χ0) is 21.8. The van der Waals surface area contributed by atoms with Crippen molar-refractivity contribution in [3.8, 4) is 0 Å². The van der Waals surface area contributed by atoms with Crippen LogP contribution in [-0.4, -0.2) is 28.6 Å². The van der Waals surface area contributed by atoms with Gasteiger partial charge in [-0.05, 0) is 44.4 Å². The van der Waals surface area contributed by atoms with Crippen molar-refractivity contribution in [3.63, 3.8) is 0 Å². The first-order chi connectivity index (χ1) is 14.3. The summed E-state index contributed by atoms with van der Waals surface area (Å²) in [5.41, 5.74) is 3.60. The lowest BCUT2D eigenvalue weighted by molar-refractivity contribution is -0.147. The highest BCUT2D eigenvalue weighted by Crippen LogP contribution is 2.27. The molecular formula is C25H25NO4. The number of esters is 1. The average molecular weight is 403 g/mol. The van der Waals surface area contributed by atoms with Crippen LogP contribution in [0.4, 0.5) is 0 Å². The van der Waals surface area contributed by atoms with Crippen LogP contribution in [-0.2, 0) is 9.53 Å². The maximum atomic E-state index is 13.1. The van der Waals surface area contributed by atoms with E-state index >= 15 is 0 Å². The van der Waals surface area contributed by atoms with Crippen molar-refractivity contribution in [3.05, 3.63) is 94.3 Å². The van der Waals surface area contributed by atoms with Gasteiger partial charge in [0.1, 0.15) is 5.92 Å². The number of hydrogen-bond acceptors (Lipinski definition) is 4. The molecule has 0 unspecified atom stereocenters. The first-order valence-electron chi connectivity index (χ1n) is 9.86. The van der Waals surface area contributed by atoms with Gasteiger partial charge in [-0.1, -0.05) is 60.7 Å². The largest absolute Gasteiger partial charge is 0.453 e. The van der Waals surface area contributed by atoms with E-state index in [0.29, 0.717) is 22.5 Å². The van der Waals surface area contributed by atoms with E-state index in [1.54, 1.807) is 20.8 Å². The molecule has 1 N–H and O–H groups in total. The Kier molecular flexibility index (Phi) is 6.31. The zero-order valence-corrected chi connectivity index (χ0v) is 17.6. The summed E-state index contributed by atoms with van der Waals surface area (Å²) in [6, 6.07) is 18.7. The summed E-state index contributed by atoms with van der Waals surface area (Å²) in [5.74, 6) is -1.61. The van der Waals surface area contributed by atoms with E-state index in [-0.39, 0.29) is 11.6 Å².